The van der Waals surface area contributed by atoms with E-state index in [9.17, 15) is 4.79 Å². The summed E-state index contributed by atoms with van der Waals surface area (Å²) >= 11 is 6.02. The number of carbonyl (C=O) groups excluding carboxylic acids is 1. The zero-order valence-corrected chi connectivity index (χ0v) is 12.3. The monoisotopic (exact) mass is 278 g/mol. The lowest BCUT2D eigenvalue weighted by molar-refractivity contribution is -0.114. The number of hydrogen-bond donors (Lipinski definition) is 0. The van der Waals surface area contributed by atoms with Gasteiger partial charge in [-0.15, -0.1) is 24.7 Å². The van der Waals surface area contributed by atoms with Crippen molar-refractivity contribution in [2.45, 2.75) is 64.2 Å². The molecule has 0 aromatic carbocycles. The summed E-state index contributed by atoms with van der Waals surface area (Å²) in [4.78, 5) is 11.6. The van der Waals surface area contributed by atoms with E-state index in [1.807, 2.05) is 0 Å². The van der Waals surface area contributed by atoms with Crippen LogP contribution in [0.1, 0.15) is 64.2 Å². The lowest BCUT2D eigenvalue weighted by Crippen LogP contribution is -1.94. The predicted molar refractivity (Wildman–Crippen MR) is 82.8 cm³/mol. The average Bonchev–Trinajstić information content (AvgIpc) is 2.38. The van der Waals surface area contributed by atoms with Crippen LogP contribution in [-0.4, -0.2) is 5.78 Å². The molecule has 0 N–H and O–H groups in total. The van der Waals surface area contributed by atoms with E-state index in [1.165, 1.54) is 0 Å². The molecule has 0 unspecified atom stereocenters. The second-order valence-corrected chi connectivity index (χ2v) is 5.07. The van der Waals surface area contributed by atoms with Crippen molar-refractivity contribution in [3.8, 4) is 24.7 Å². The third-order valence-electron chi connectivity index (χ3n) is 2.80. The van der Waals surface area contributed by atoms with Gasteiger partial charge in [-0.05, 0) is 38.2 Å². The van der Waals surface area contributed by atoms with Gasteiger partial charge in [-0.25, -0.2) is 0 Å². The zero-order valence-electron chi connectivity index (χ0n) is 11.6. The summed E-state index contributed by atoms with van der Waals surface area (Å²) < 4.78 is 0. The minimum atomic E-state index is 0.120. The Morgan fingerprint density at radius 1 is 0.895 bits per heavy atom. The van der Waals surface area contributed by atoms with Crippen LogP contribution in [0.15, 0.2) is 11.1 Å². The first-order valence-electron chi connectivity index (χ1n) is 6.96. The molecule has 0 heterocycles. The molecule has 0 bridgehead atoms. The quantitative estimate of drug-likeness (QED) is 0.300. The molecule has 0 aromatic rings. The van der Waals surface area contributed by atoms with Gasteiger partial charge in [-0.1, -0.05) is 24.4 Å². The van der Waals surface area contributed by atoms with Crippen LogP contribution in [0, 0.1) is 24.7 Å². The first kappa shape index (κ1) is 17.8. The van der Waals surface area contributed by atoms with Gasteiger partial charge in [0.05, 0.1) is 0 Å². The predicted octanol–water partition coefficient (Wildman–Crippen LogP) is 4.85. The molecular weight excluding hydrogens is 256 g/mol. The van der Waals surface area contributed by atoms with Crippen molar-refractivity contribution in [1.82, 2.24) is 0 Å². The van der Waals surface area contributed by atoms with Crippen molar-refractivity contribution < 1.29 is 4.79 Å². The summed E-state index contributed by atoms with van der Waals surface area (Å²) in [5, 5.41) is 0.661. The van der Waals surface area contributed by atoms with Crippen LogP contribution in [-0.2, 0) is 4.79 Å². The highest BCUT2D eigenvalue weighted by Crippen LogP contribution is 2.14. The Bertz CT molecular complexity index is 354. The van der Waals surface area contributed by atoms with Crippen molar-refractivity contribution in [3.63, 3.8) is 0 Å². The summed E-state index contributed by atoms with van der Waals surface area (Å²) in [7, 11) is 0. The van der Waals surface area contributed by atoms with Crippen molar-refractivity contribution in [2.24, 2.45) is 0 Å². The third-order valence-corrected chi connectivity index (χ3v) is 3.10. The number of rotatable bonds is 11. The first-order chi connectivity index (χ1) is 9.20. The maximum Gasteiger partial charge on any atom is 0.156 e. The first-order valence-corrected chi connectivity index (χ1v) is 7.34. The Balaban J connectivity index is 3.62. The number of unbranched alkanes of at least 4 members (excludes halogenated alkanes) is 6. The molecule has 19 heavy (non-hydrogen) atoms. The van der Waals surface area contributed by atoms with Crippen LogP contribution in [0.25, 0.3) is 0 Å². The molecule has 0 aromatic heterocycles. The van der Waals surface area contributed by atoms with Crippen LogP contribution in [0.4, 0.5) is 0 Å². The molecule has 2 heteroatoms. The van der Waals surface area contributed by atoms with E-state index >= 15 is 0 Å². The Morgan fingerprint density at radius 3 is 1.95 bits per heavy atom. The SMILES string of the molecule is C#CCCCCCC(=O)C=C(Cl)CCCCCC#C. The molecular formula is C17H23ClO. The van der Waals surface area contributed by atoms with E-state index < -0.39 is 0 Å². The average molecular weight is 279 g/mol. The molecule has 104 valence electrons. The van der Waals surface area contributed by atoms with Crippen LogP contribution in [0.3, 0.4) is 0 Å². The minimum Gasteiger partial charge on any atom is -0.295 e. The highest BCUT2D eigenvalue weighted by Gasteiger charge is 2.01. The number of carbonyl (C=O) groups is 1. The van der Waals surface area contributed by atoms with Gasteiger partial charge in [0.25, 0.3) is 0 Å². The van der Waals surface area contributed by atoms with E-state index in [-0.39, 0.29) is 5.78 Å². The van der Waals surface area contributed by atoms with E-state index in [1.54, 1.807) is 6.08 Å². The Labute approximate surface area is 122 Å². The molecule has 0 atom stereocenters. The van der Waals surface area contributed by atoms with Crippen molar-refractivity contribution in [3.05, 3.63) is 11.1 Å². The summed E-state index contributed by atoms with van der Waals surface area (Å²) in [6.45, 7) is 0. The molecule has 0 amide bonds. The second kappa shape index (κ2) is 13.3. The van der Waals surface area contributed by atoms with Crippen molar-refractivity contribution in [2.75, 3.05) is 0 Å². The number of hydrogen-bond acceptors (Lipinski definition) is 1. The van der Waals surface area contributed by atoms with E-state index in [0.717, 1.165) is 57.8 Å². The molecule has 0 rings (SSSR count). The van der Waals surface area contributed by atoms with Crippen molar-refractivity contribution in [1.29, 1.82) is 0 Å². The van der Waals surface area contributed by atoms with Crippen molar-refractivity contribution >= 4 is 17.4 Å². The van der Waals surface area contributed by atoms with Crippen LogP contribution >= 0.6 is 11.6 Å². The zero-order chi connectivity index (χ0) is 14.3. The highest BCUT2D eigenvalue weighted by molar-refractivity contribution is 6.31. The Morgan fingerprint density at radius 2 is 1.42 bits per heavy atom. The lowest BCUT2D eigenvalue weighted by Gasteiger charge is -2.00. The number of halogens is 1. The summed E-state index contributed by atoms with van der Waals surface area (Å²) in [6.07, 6.45) is 20.8. The van der Waals surface area contributed by atoms with Gasteiger partial charge in [0.15, 0.2) is 5.78 Å². The normalized spacial score (nSPS) is 10.8. The fourth-order valence-corrected chi connectivity index (χ4v) is 1.98. The van der Waals surface area contributed by atoms with Gasteiger partial charge in [-0.3, -0.25) is 4.79 Å². The maximum atomic E-state index is 11.6. The molecule has 0 aliphatic rings. The van der Waals surface area contributed by atoms with E-state index in [2.05, 4.69) is 11.8 Å². The maximum absolute atomic E-state index is 11.6. The molecule has 0 radical (unpaired) electrons. The molecule has 0 saturated carbocycles. The number of ketones is 1. The van der Waals surface area contributed by atoms with Gasteiger partial charge in [0.2, 0.25) is 0 Å². The highest BCUT2D eigenvalue weighted by atomic mass is 35.5. The second-order valence-electron chi connectivity index (χ2n) is 4.59. The van der Waals surface area contributed by atoms with Gasteiger partial charge >= 0.3 is 0 Å². The Kier molecular flexibility index (Phi) is 12.4. The van der Waals surface area contributed by atoms with Gasteiger partial charge in [-0.2, -0.15) is 0 Å². The van der Waals surface area contributed by atoms with Gasteiger partial charge < -0.3 is 0 Å². The third kappa shape index (κ3) is 13.1. The molecule has 0 spiro atoms. The standard InChI is InChI=1S/C17H23ClO/c1-3-5-7-9-11-13-16(18)15-17(19)14-12-10-8-6-4-2/h1-2,15H,5-14H2. The summed E-state index contributed by atoms with van der Waals surface area (Å²) in [5.74, 6) is 5.33. The molecule has 0 aliphatic carbocycles. The lowest BCUT2D eigenvalue weighted by atomic mass is 10.1. The molecule has 1 nitrogen and oxygen atoms in total. The van der Waals surface area contributed by atoms with Gasteiger partial charge in [0.1, 0.15) is 0 Å². The van der Waals surface area contributed by atoms with Crippen LogP contribution < -0.4 is 0 Å². The molecule has 0 aliphatic heterocycles. The summed E-state index contributed by atoms with van der Waals surface area (Å²) in [6, 6.07) is 0. The van der Waals surface area contributed by atoms with Crippen LogP contribution in [0.5, 0.6) is 0 Å². The van der Waals surface area contributed by atoms with E-state index in [4.69, 9.17) is 24.4 Å². The van der Waals surface area contributed by atoms with E-state index in [0.29, 0.717) is 11.5 Å². The Hall–Kier alpha value is -1.18. The topological polar surface area (TPSA) is 17.1 Å². The summed E-state index contributed by atoms with van der Waals surface area (Å²) in [5.41, 5.74) is 0. The number of terminal acetylenes is 2. The minimum absolute atomic E-state index is 0.120. The fraction of sp³-hybridized carbons (Fsp3) is 0.588. The van der Waals surface area contributed by atoms with Crippen LogP contribution in [0.2, 0.25) is 0 Å². The fourth-order valence-electron chi connectivity index (χ4n) is 1.72. The molecule has 0 fully saturated rings. The largest absolute Gasteiger partial charge is 0.295 e. The number of allylic oxidation sites excluding steroid dienone is 2. The smallest absolute Gasteiger partial charge is 0.156 e. The molecule has 0 saturated heterocycles. The van der Waals surface area contributed by atoms with Gasteiger partial charge in [0, 0.05) is 24.3 Å².